The van der Waals surface area contributed by atoms with E-state index in [1.807, 2.05) is 0 Å². The van der Waals surface area contributed by atoms with Gasteiger partial charge in [0.1, 0.15) is 12.1 Å². The van der Waals surface area contributed by atoms with Crippen LogP contribution >= 0.6 is 0 Å². The lowest BCUT2D eigenvalue weighted by molar-refractivity contribution is -0.150. The number of hydrogen-bond donors (Lipinski definition) is 4. The minimum Gasteiger partial charge on any atom is -0.480 e. The third-order valence-corrected chi connectivity index (χ3v) is 8.10. The molecule has 0 aliphatic carbocycles. The van der Waals surface area contributed by atoms with Crippen LogP contribution in [0.3, 0.4) is 0 Å². The van der Waals surface area contributed by atoms with Crippen LogP contribution in [0.1, 0.15) is 174 Å². The van der Waals surface area contributed by atoms with Crippen molar-refractivity contribution in [1.29, 1.82) is 0 Å². The fraction of sp³-hybridized carbons (Fsp3) is 0.886. The highest BCUT2D eigenvalue weighted by atomic mass is 16.5. The number of hydrogen-bond acceptors (Lipinski definition) is 6. The third kappa shape index (κ3) is 27.4. The van der Waals surface area contributed by atoms with Gasteiger partial charge in [0.05, 0.1) is 13.2 Å². The van der Waals surface area contributed by atoms with Crippen LogP contribution in [0.25, 0.3) is 0 Å². The summed E-state index contributed by atoms with van der Waals surface area (Å²) in [4.78, 5) is 47.1. The van der Waals surface area contributed by atoms with Crippen molar-refractivity contribution in [1.82, 2.24) is 10.6 Å². The second-order valence-electron chi connectivity index (χ2n) is 12.3. The Bertz CT molecular complexity index is 732. The molecular weight excluding hydrogens is 560 g/mol. The summed E-state index contributed by atoms with van der Waals surface area (Å²) >= 11 is 0. The second-order valence-corrected chi connectivity index (χ2v) is 12.3. The molecule has 0 saturated carbocycles. The monoisotopic (exact) mass is 626 g/mol. The van der Waals surface area contributed by atoms with Crippen LogP contribution in [-0.2, 0) is 23.9 Å². The number of carbonyl (C=O) groups excluding carboxylic acids is 3. The van der Waals surface area contributed by atoms with E-state index in [2.05, 4.69) is 24.5 Å². The van der Waals surface area contributed by atoms with Crippen LogP contribution in [0.5, 0.6) is 0 Å². The van der Waals surface area contributed by atoms with Crippen LogP contribution < -0.4 is 10.6 Å². The Kier molecular flexibility index (Phi) is 29.3. The number of rotatable bonds is 32. The number of carboxylic acid groups (broad SMARTS) is 1. The number of carbonyl (C=O) groups is 4. The number of aliphatic hydroxyl groups is 1. The Morgan fingerprint density at radius 2 is 1.02 bits per heavy atom. The highest BCUT2D eigenvalue weighted by molar-refractivity contribution is 5.87. The Hall–Kier alpha value is -2.16. The van der Waals surface area contributed by atoms with E-state index in [0.717, 1.165) is 57.8 Å². The summed E-state index contributed by atoms with van der Waals surface area (Å²) in [6.07, 6.45) is 27.1. The molecule has 44 heavy (non-hydrogen) atoms. The van der Waals surface area contributed by atoms with Crippen molar-refractivity contribution in [2.75, 3.05) is 13.2 Å². The smallest absolute Gasteiger partial charge is 0.328 e. The molecule has 258 valence electrons. The van der Waals surface area contributed by atoms with E-state index in [0.29, 0.717) is 19.3 Å². The molecular formula is C35H66N2O7. The van der Waals surface area contributed by atoms with Gasteiger partial charge in [-0.1, -0.05) is 123 Å². The fourth-order valence-corrected chi connectivity index (χ4v) is 5.30. The van der Waals surface area contributed by atoms with Crippen molar-refractivity contribution in [3.8, 4) is 0 Å². The van der Waals surface area contributed by atoms with Gasteiger partial charge in [0.2, 0.25) is 11.8 Å². The zero-order chi connectivity index (χ0) is 32.7. The number of nitrogens with one attached hydrogen (secondary N) is 2. The Morgan fingerprint density at radius 1 is 0.591 bits per heavy atom. The summed E-state index contributed by atoms with van der Waals surface area (Å²) in [5.74, 6) is -2.29. The van der Waals surface area contributed by atoms with Crippen molar-refractivity contribution in [3.63, 3.8) is 0 Å². The molecule has 2 atom stereocenters. The minimum absolute atomic E-state index is 0.000257. The molecule has 0 aliphatic heterocycles. The first-order chi connectivity index (χ1) is 21.3. The van der Waals surface area contributed by atoms with E-state index < -0.39 is 24.5 Å². The van der Waals surface area contributed by atoms with Gasteiger partial charge in [0.15, 0.2) is 0 Å². The van der Waals surface area contributed by atoms with Crippen LogP contribution in [0.15, 0.2) is 0 Å². The molecule has 0 spiro atoms. The summed E-state index contributed by atoms with van der Waals surface area (Å²) in [6, 6.07) is -1.38. The summed E-state index contributed by atoms with van der Waals surface area (Å²) in [5.41, 5.74) is 0. The minimum atomic E-state index is -1.38. The van der Waals surface area contributed by atoms with Gasteiger partial charge in [-0.25, -0.2) is 4.79 Å². The Morgan fingerprint density at radius 3 is 1.48 bits per heavy atom. The average Bonchev–Trinajstić information content (AvgIpc) is 3.00. The SMILES string of the molecule is CCCCCCCCCCCCC(=O)OC(CCCCCCCC)CCCCCCCC(=O)NCC(=O)NC(CO)C(=O)O. The van der Waals surface area contributed by atoms with Crippen LogP contribution in [0, 0.1) is 0 Å². The third-order valence-electron chi connectivity index (χ3n) is 8.10. The van der Waals surface area contributed by atoms with Crippen molar-refractivity contribution in [2.24, 2.45) is 0 Å². The largest absolute Gasteiger partial charge is 0.480 e. The molecule has 0 aliphatic rings. The number of aliphatic hydroxyl groups excluding tert-OH is 1. The summed E-state index contributed by atoms with van der Waals surface area (Å²) in [6.45, 7) is 3.44. The molecule has 0 fully saturated rings. The molecule has 0 saturated heterocycles. The highest BCUT2D eigenvalue weighted by Crippen LogP contribution is 2.18. The first kappa shape index (κ1) is 41.8. The summed E-state index contributed by atoms with van der Waals surface area (Å²) < 4.78 is 5.94. The van der Waals surface area contributed by atoms with Gasteiger partial charge in [0.25, 0.3) is 0 Å². The Labute approximate surface area is 268 Å². The highest BCUT2D eigenvalue weighted by Gasteiger charge is 2.19. The lowest BCUT2D eigenvalue weighted by Gasteiger charge is -2.18. The van der Waals surface area contributed by atoms with Gasteiger partial charge in [-0.15, -0.1) is 0 Å². The molecule has 2 unspecified atom stereocenters. The van der Waals surface area contributed by atoms with Gasteiger partial charge in [-0.3, -0.25) is 14.4 Å². The van der Waals surface area contributed by atoms with Crippen molar-refractivity contribution in [3.05, 3.63) is 0 Å². The van der Waals surface area contributed by atoms with Gasteiger partial charge in [0, 0.05) is 12.8 Å². The predicted molar refractivity (Wildman–Crippen MR) is 176 cm³/mol. The van der Waals surface area contributed by atoms with Crippen molar-refractivity contribution >= 4 is 23.8 Å². The summed E-state index contributed by atoms with van der Waals surface area (Å²) in [7, 11) is 0. The average molecular weight is 627 g/mol. The molecule has 0 rings (SSSR count). The molecule has 0 aromatic rings. The molecule has 9 heteroatoms. The standard InChI is InChI=1S/C35H66N2O7/c1-3-5-7-9-11-12-13-14-19-23-27-34(41)44-30(24-20-16-10-8-6-4-2)25-21-17-15-18-22-26-32(39)36-28-33(40)37-31(29-38)35(42)43/h30-31,38H,3-29H2,1-2H3,(H,36,39)(H,37,40)(H,42,43). The molecule has 0 aromatic carbocycles. The van der Waals surface area contributed by atoms with E-state index in [9.17, 15) is 19.2 Å². The fourth-order valence-electron chi connectivity index (χ4n) is 5.30. The van der Waals surface area contributed by atoms with E-state index in [-0.39, 0.29) is 24.5 Å². The van der Waals surface area contributed by atoms with Crippen LogP contribution in [-0.4, -0.2) is 59.3 Å². The molecule has 0 aromatic heterocycles. The lowest BCUT2D eigenvalue weighted by Crippen LogP contribution is -2.47. The zero-order valence-electron chi connectivity index (χ0n) is 28.2. The maximum Gasteiger partial charge on any atom is 0.328 e. The van der Waals surface area contributed by atoms with E-state index >= 15 is 0 Å². The van der Waals surface area contributed by atoms with Crippen LogP contribution in [0.2, 0.25) is 0 Å². The molecule has 0 radical (unpaired) electrons. The predicted octanol–water partition coefficient (Wildman–Crippen LogP) is 7.37. The quantitative estimate of drug-likeness (QED) is 0.0451. The Balaban J connectivity index is 4.15. The maximum atomic E-state index is 12.6. The molecule has 9 nitrogen and oxygen atoms in total. The van der Waals surface area contributed by atoms with Crippen molar-refractivity contribution < 1.29 is 34.1 Å². The van der Waals surface area contributed by atoms with E-state index in [1.54, 1.807) is 0 Å². The zero-order valence-corrected chi connectivity index (χ0v) is 28.2. The topological polar surface area (TPSA) is 142 Å². The van der Waals surface area contributed by atoms with Crippen LogP contribution in [0.4, 0.5) is 0 Å². The van der Waals surface area contributed by atoms with Gasteiger partial charge in [-0.2, -0.15) is 0 Å². The van der Waals surface area contributed by atoms with E-state index in [1.165, 1.54) is 83.5 Å². The molecule has 2 amide bonds. The number of ether oxygens (including phenoxy) is 1. The number of amides is 2. The second kappa shape index (κ2) is 30.8. The lowest BCUT2D eigenvalue weighted by atomic mass is 10.0. The molecule has 4 N–H and O–H groups in total. The maximum absolute atomic E-state index is 12.6. The first-order valence-corrected chi connectivity index (χ1v) is 17.9. The van der Waals surface area contributed by atoms with Gasteiger partial charge < -0.3 is 25.6 Å². The van der Waals surface area contributed by atoms with Crippen molar-refractivity contribution in [2.45, 2.75) is 187 Å². The van der Waals surface area contributed by atoms with E-state index in [4.69, 9.17) is 14.9 Å². The molecule has 0 bridgehead atoms. The number of carboxylic acids is 1. The number of unbranched alkanes of at least 4 members (excludes halogenated alkanes) is 18. The van der Waals surface area contributed by atoms with Gasteiger partial charge in [-0.05, 0) is 38.5 Å². The number of esters is 1. The number of aliphatic carboxylic acids is 1. The molecule has 0 heterocycles. The normalized spacial score (nSPS) is 12.4. The summed E-state index contributed by atoms with van der Waals surface area (Å²) in [5, 5.41) is 22.4. The first-order valence-electron chi connectivity index (χ1n) is 17.9. The van der Waals surface area contributed by atoms with Gasteiger partial charge >= 0.3 is 11.9 Å².